The summed E-state index contributed by atoms with van der Waals surface area (Å²) in [5, 5.41) is 0. The summed E-state index contributed by atoms with van der Waals surface area (Å²) in [6, 6.07) is 6.57. The van der Waals surface area contributed by atoms with E-state index in [4.69, 9.17) is 17.0 Å². The molecule has 0 unspecified atom stereocenters. The van der Waals surface area contributed by atoms with Crippen LogP contribution in [0.2, 0.25) is 0 Å². The van der Waals surface area contributed by atoms with Crippen LogP contribution in [0, 0.1) is 12.8 Å². The van der Waals surface area contributed by atoms with Gasteiger partial charge in [-0.25, -0.2) is 0 Å². The number of allylic oxidation sites excluding steroid dienone is 1. The number of hydrogen-bond donors (Lipinski definition) is 0. The molecule has 1 aromatic carbocycles. The maximum absolute atomic E-state index is 4.93. The number of benzene rings is 1. The number of rotatable bonds is 1. The van der Waals surface area contributed by atoms with Crippen molar-refractivity contribution in [2.45, 2.75) is 27.2 Å². The standard InChI is InChI=1S/C13H16.2ClH.Zr/c1-9(2)12-7-11-6-4-5-10(3)13(11)8-12;;;/h4-7,9H,8H2,1-3H3;2*1H;/q;;;+2/p-2. The zero-order chi connectivity index (χ0) is 12.1. The first kappa shape index (κ1) is 14.5. The molecule has 0 aliphatic heterocycles. The van der Waals surface area contributed by atoms with Gasteiger partial charge in [0.15, 0.2) is 0 Å². The molecule has 0 nitrogen and oxygen atoms in total. The topological polar surface area (TPSA) is 0 Å². The molecule has 86 valence electrons. The predicted octanol–water partition coefficient (Wildman–Crippen LogP) is 4.97. The van der Waals surface area contributed by atoms with Crippen molar-refractivity contribution < 1.29 is 20.8 Å². The summed E-state index contributed by atoms with van der Waals surface area (Å²) in [5.74, 6) is 0.687. The fourth-order valence-electron chi connectivity index (χ4n) is 1.93. The number of aryl methyl sites for hydroxylation is 1. The molecule has 0 saturated carbocycles. The molecule has 0 spiro atoms. The summed E-state index contributed by atoms with van der Waals surface area (Å²) in [7, 11) is 9.87. The van der Waals surface area contributed by atoms with E-state index in [9.17, 15) is 0 Å². The van der Waals surface area contributed by atoms with Crippen molar-refractivity contribution in [2.24, 2.45) is 5.92 Å². The Hall–Kier alpha value is 0.423. The van der Waals surface area contributed by atoms with Crippen molar-refractivity contribution in [2.75, 3.05) is 0 Å². The molecule has 2 rings (SSSR count). The Kier molecular flexibility index (Phi) is 6.33. The molecule has 1 aliphatic carbocycles. The molecule has 0 fully saturated rings. The van der Waals surface area contributed by atoms with E-state index >= 15 is 0 Å². The molecule has 0 bridgehead atoms. The van der Waals surface area contributed by atoms with Crippen molar-refractivity contribution in [3.8, 4) is 0 Å². The Morgan fingerprint density at radius 3 is 2.38 bits per heavy atom. The van der Waals surface area contributed by atoms with Gasteiger partial charge in [0.25, 0.3) is 0 Å². The SMILES string of the molecule is Cc1cccc2c1CC(C(C)C)=C2.[Cl][Zr][Cl]. The van der Waals surface area contributed by atoms with Gasteiger partial charge in [-0.3, -0.25) is 0 Å². The van der Waals surface area contributed by atoms with Crippen LogP contribution in [-0.2, 0) is 27.3 Å². The van der Waals surface area contributed by atoms with Crippen molar-refractivity contribution in [3.05, 3.63) is 40.5 Å². The first-order chi connectivity index (χ1) is 7.60. The summed E-state index contributed by atoms with van der Waals surface area (Å²) >= 11 is -0.826. The Morgan fingerprint density at radius 2 is 1.88 bits per heavy atom. The van der Waals surface area contributed by atoms with Gasteiger partial charge in [-0.05, 0) is 36.0 Å². The summed E-state index contributed by atoms with van der Waals surface area (Å²) in [6.07, 6.45) is 3.52. The number of halogens is 2. The third-order valence-electron chi connectivity index (χ3n) is 2.91. The molecular formula is C13H16Cl2Zr. The van der Waals surface area contributed by atoms with E-state index in [-0.39, 0.29) is 0 Å². The molecule has 0 atom stereocenters. The Morgan fingerprint density at radius 1 is 1.25 bits per heavy atom. The van der Waals surface area contributed by atoms with Crippen molar-refractivity contribution in [1.29, 1.82) is 0 Å². The monoisotopic (exact) mass is 332 g/mol. The molecule has 3 heteroatoms. The van der Waals surface area contributed by atoms with E-state index in [0.29, 0.717) is 5.92 Å². The molecule has 16 heavy (non-hydrogen) atoms. The molecule has 1 aromatic rings. The van der Waals surface area contributed by atoms with Gasteiger partial charge in [0.05, 0.1) is 0 Å². The molecule has 0 amide bonds. The Balaban J connectivity index is 0.000000386. The first-order valence-electron chi connectivity index (χ1n) is 5.35. The van der Waals surface area contributed by atoms with Crippen molar-refractivity contribution in [1.82, 2.24) is 0 Å². The third-order valence-corrected chi connectivity index (χ3v) is 2.91. The number of hydrogen-bond acceptors (Lipinski definition) is 0. The van der Waals surface area contributed by atoms with Gasteiger partial charge < -0.3 is 0 Å². The molecule has 0 N–H and O–H groups in total. The van der Waals surface area contributed by atoms with Gasteiger partial charge in [0.1, 0.15) is 0 Å². The summed E-state index contributed by atoms with van der Waals surface area (Å²) in [6.45, 7) is 6.75. The predicted molar refractivity (Wildman–Crippen MR) is 69.4 cm³/mol. The van der Waals surface area contributed by atoms with E-state index in [0.717, 1.165) is 0 Å². The average Bonchev–Trinajstić information content (AvgIpc) is 2.64. The number of fused-ring (bicyclic) bond motifs is 1. The van der Waals surface area contributed by atoms with Gasteiger partial charge in [0.2, 0.25) is 0 Å². The minimum atomic E-state index is -0.826. The van der Waals surface area contributed by atoms with Crippen LogP contribution in [0.4, 0.5) is 0 Å². The van der Waals surface area contributed by atoms with Crippen molar-refractivity contribution in [3.63, 3.8) is 0 Å². The van der Waals surface area contributed by atoms with E-state index in [1.165, 1.54) is 23.1 Å². The third kappa shape index (κ3) is 3.72. The van der Waals surface area contributed by atoms with Crippen LogP contribution in [-0.4, -0.2) is 0 Å². The van der Waals surface area contributed by atoms with Crippen LogP contribution in [0.25, 0.3) is 6.08 Å². The van der Waals surface area contributed by atoms with Crippen LogP contribution >= 0.6 is 17.0 Å². The summed E-state index contributed by atoms with van der Waals surface area (Å²) in [5.41, 5.74) is 5.98. The maximum atomic E-state index is 4.93. The van der Waals surface area contributed by atoms with E-state index < -0.39 is 20.8 Å². The van der Waals surface area contributed by atoms with E-state index in [1.54, 1.807) is 5.57 Å². The molecule has 0 heterocycles. The summed E-state index contributed by atoms with van der Waals surface area (Å²) in [4.78, 5) is 0. The van der Waals surface area contributed by atoms with Gasteiger partial charge in [-0.1, -0.05) is 43.7 Å². The second-order valence-electron chi connectivity index (χ2n) is 4.26. The van der Waals surface area contributed by atoms with Gasteiger partial charge in [-0.2, -0.15) is 0 Å². The minimum absolute atomic E-state index is 0.687. The van der Waals surface area contributed by atoms with Gasteiger partial charge >= 0.3 is 37.9 Å². The van der Waals surface area contributed by atoms with Crippen molar-refractivity contribution >= 4 is 23.1 Å². The zero-order valence-electron chi connectivity index (χ0n) is 9.85. The first-order valence-corrected chi connectivity index (χ1v) is 11.7. The van der Waals surface area contributed by atoms with Crippen LogP contribution < -0.4 is 0 Å². The molecular weight excluding hydrogens is 318 g/mol. The van der Waals surface area contributed by atoms with Crippen LogP contribution in [0.5, 0.6) is 0 Å². The second-order valence-corrected chi connectivity index (χ2v) is 8.00. The quantitative estimate of drug-likeness (QED) is 0.680. The fraction of sp³-hybridized carbons (Fsp3) is 0.385. The second kappa shape index (κ2) is 6.99. The Bertz CT molecular complexity index is 384. The van der Waals surface area contributed by atoms with Gasteiger partial charge in [-0.15, -0.1) is 0 Å². The van der Waals surface area contributed by atoms with Crippen LogP contribution in [0.3, 0.4) is 0 Å². The summed E-state index contributed by atoms with van der Waals surface area (Å²) < 4.78 is 0. The molecule has 0 saturated heterocycles. The van der Waals surface area contributed by atoms with E-state index in [1.807, 2.05) is 0 Å². The normalized spacial score (nSPS) is 12.8. The molecule has 0 radical (unpaired) electrons. The molecule has 0 aromatic heterocycles. The zero-order valence-corrected chi connectivity index (χ0v) is 13.8. The van der Waals surface area contributed by atoms with Crippen LogP contribution in [0.1, 0.15) is 30.5 Å². The van der Waals surface area contributed by atoms with Gasteiger partial charge in [0, 0.05) is 0 Å². The van der Waals surface area contributed by atoms with Crippen LogP contribution in [0.15, 0.2) is 23.8 Å². The molecule has 1 aliphatic rings. The van der Waals surface area contributed by atoms with E-state index in [2.05, 4.69) is 45.0 Å². The fourth-order valence-corrected chi connectivity index (χ4v) is 1.93. The Labute approximate surface area is 117 Å². The average molecular weight is 334 g/mol.